The van der Waals surface area contributed by atoms with E-state index in [1.807, 2.05) is 0 Å². The highest BCUT2D eigenvalue weighted by Crippen LogP contribution is 2.05. The molecule has 0 nitrogen and oxygen atoms in total. The monoisotopic (exact) mass is 78.0 g/mol. The molecule has 0 aromatic carbocycles. The molecule has 6 heavy (non-hydrogen) atoms. The molecule has 0 N–H and O–H groups in total. The van der Waals surface area contributed by atoms with Crippen LogP contribution in [0.1, 0.15) is 12.8 Å². The van der Waals surface area contributed by atoms with Gasteiger partial charge in [0.25, 0.3) is 0 Å². The van der Waals surface area contributed by atoms with Crippen molar-refractivity contribution in [2.24, 2.45) is 0 Å². The van der Waals surface area contributed by atoms with Crippen molar-refractivity contribution >= 4 is 0 Å². The minimum atomic E-state index is 0.931. The van der Waals surface area contributed by atoms with Crippen LogP contribution in [0.2, 0.25) is 0 Å². The van der Waals surface area contributed by atoms with Gasteiger partial charge in [0.1, 0.15) is 0 Å². The van der Waals surface area contributed by atoms with Crippen molar-refractivity contribution in [1.29, 1.82) is 0 Å². The molecule has 0 aliphatic heterocycles. The van der Waals surface area contributed by atoms with Crippen LogP contribution in [0.3, 0.4) is 0 Å². The van der Waals surface area contributed by atoms with Gasteiger partial charge >= 0.3 is 0 Å². The first kappa shape index (κ1) is 3.49. The molecule has 0 atom stereocenters. The molecule has 0 spiro atoms. The Hall–Kier alpha value is -0.700. The third-order valence-electron chi connectivity index (χ3n) is 0.802. The maximum absolute atomic E-state index is 3.73. The Morgan fingerprint density at radius 2 is 1.83 bits per heavy atom. The van der Waals surface area contributed by atoms with Gasteiger partial charge in [-0.25, -0.2) is 0 Å². The van der Waals surface area contributed by atoms with Gasteiger partial charge in [-0.3, -0.25) is 0 Å². The maximum atomic E-state index is 3.73. The van der Waals surface area contributed by atoms with Gasteiger partial charge in [0.15, 0.2) is 0 Å². The van der Waals surface area contributed by atoms with E-state index in [0.717, 1.165) is 12.8 Å². The van der Waals surface area contributed by atoms with Gasteiger partial charge in [-0.15, -0.1) is 0 Å². The molecule has 0 fully saturated rings. The standard InChI is InChI=1S/C6H6/c1-6-4-2-3-5-6/h1,4-5H2. The average molecular weight is 78.1 g/mol. The molecule has 0 heteroatoms. The molecule has 0 amide bonds. The number of allylic oxidation sites excluding steroid dienone is 1. The number of hydrogen-bond acceptors (Lipinski definition) is 0. The summed E-state index contributed by atoms with van der Waals surface area (Å²) >= 11 is 0. The normalized spacial score (nSPS) is 17.0. The van der Waals surface area contributed by atoms with E-state index >= 15 is 0 Å². The van der Waals surface area contributed by atoms with Crippen LogP contribution in [0, 0.1) is 11.8 Å². The van der Waals surface area contributed by atoms with Gasteiger partial charge in [0.05, 0.1) is 0 Å². The van der Waals surface area contributed by atoms with E-state index in [9.17, 15) is 0 Å². The molecule has 0 saturated carbocycles. The van der Waals surface area contributed by atoms with Crippen LogP contribution >= 0.6 is 0 Å². The van der Waals surface area contributed by atoms with Crippen LogP contribution < -0.4 is 0 Å². The molecule has 1 aliphatic carbocycles. The fraction of sp³-hybridized carbons (Fsp3) is 0.333. The molecule has 0 unspecified atom stereocenters. The first-order valence-electron chi connectivity index (χ1n) is 2.02. The van der Waals surface area contributed by atoms with E-state index in [-0.39, 0.29) is 0 Å². The minimum Gasteiger partial charge on any atom is -0.0985 e. The molecule has 0 aromatic heterocycles. The molecule has 1 aliphatic rings. The van der Waals surface area contributed by atoms with Crippen molar-refractivity contribution in [3.8, 4) is 11.8 Å². The SMILES string of the molecule is C=C1CC#CC1. The highest BCUT2D eigenvalue weighted by atomic mass is 13.9. The Balaban J connectivity index is 2.58. The summed E-state index contributed by atoms with van der Waals surface area (Å²) in [6.07, 6.45) is 1.86. The average Bonchev–Trinajstić information content (AvgIpc) is 1.86. The van der Waals surface area contributed by atoms with Crippen molar-refractivity contribution in [2.45, 2.75) is 12.8 Å². The van der Waals surface area contributed by atoms with Crippen LogP contribution in [-0.2, 0) is 0 Å². The number of rotatable bonds is 0. The predicted molar refractivity (Wildman–Crippen MR) is 26.1 cm³/mol. The Bertz CT molecular complexity index is 109. The van der Waals surface area contributed by atoms with E-state index in [2.05, 4.69) is 18.4 Å². The third kappa shape index (κ3) is 0.440. The zero-order valence-corrected chi connectivity index (χ0v) is 3.62. The summed E-state index contributed by atoms with van der Waals surface area (Å²) in [5, 5.41) is 0. The van der Waals surface area contributed by atoms with Crippen LogP contribution in [0.15, 0.2) is 12.2 Å². The van der Waals surface area contributed by atoms with E-state index in [0.29, 0.717) is 0 Å². The first-order chi connectivity index (χ1) is 2.89. The lowest BCUT2D eigenvalue weighted by Crippen LogP contribution is -1.63. The Labute approximate surface area is 37.9 Å². The van der Waals surface area contributed by atoms with E-state index in [4.69, 9.17) is 0 Å². The fourth-order valence-electron chi connectivity index (χ4n) is 0.437. The summed E-state index contributed by atoms with van der Waals surface area (Å²) in [6, 6.07) is 0. The van der Waals surface area contributed by atoms with Crippen LogP contribution in [0.5, 0.6) is 0 Å². The summed E-state index contributed by atoms with van der Waals surface area (Å²) < 4.78 is 0. The maximum Gasteiger partial charge on any atom is 0.0306 e. The van der Waals surface area contributed by atoms with Gasteiger partial charge in [0, 0.05) is 12.8 Å². The molecule has 0 bridgehead atoms. The lowest BCUT2D eigenvalue weighted by Gasteiger charge is -1.79. The lowest BCUT2D eigenvalue weighted by molar-refractivity contribution is 1.23. The summed E-state index contributed by atoms with van der Waals surface area (Å²) in [6.45, 7) is 3.73. The smallest absolute Gasteiger partial charge is 0.0306 e. The largest absolute Gasteiger partial charge is 0.0985 e. The van der Waals surface area contributed by atoms with Gasteiger partial charge in [-0.2, -0.15) is 0 Å². The molecule has 0 radical (unpaired) electrons. The van der Waals surface area contributed by atoms with Gasteiger partial charge in [0.2, 0.25) is 0 Å². The summed E-state index contributed by atoms with van der Waals surface area (Å²) in [5.74, 6) is 5.84. The van der Waals surface area contributed by atoms with Gasteiger partial charge < -0.3 is 0 Å². The van der Waals surface area contributed by atoms with Crippen molar-refractivity contribution in [3.05, 3.63) is 12.2 Å². The second kappa shape index (κ2) is 1.18. The van der Waals surface area contributed by atoms with Gasteiger partial charge in [-0.1, -0.05) is 24.0 Å². The Morgan fingerprint density at radius 1 is 1.33 bits per heavy atom. The third-order valence-corrected chi connectivity index (χ3v) is 0.802. The highest BCUT2D eigenvalue weighted by molar-refractivity contribution is 5.23. The van der Waals surface area contributed by atoms with Crippen molar-refractivity contribution in [1.82, 2.24) is 0 Å². The summed E-state index contributed by atoms with van der Waals surface area (Å²) in [4.78, 5) is 0. The van der Waals surface area contributed by atoms with Crippen molar-refractivity contribution < 1.29 is 0 Å². The van der Waals surface area contributed by atoms with E-state index in [1.54, 1.807) is 0 Å². The second-order valence-electron chi connectivity index (χ2n) is 1.46. The van der Waals surface area contributed by atoms with Crippen LogP contribution in [0.25, 0.3) is 0 Å². The topological polar surface area (TPSA) is 0 Å². The molecular formula is C6H6. The second-order valence-corrected chi connectivity index (χ2v) is 1.46. The van der Waals surface area contributed by atoms with Gasteiger partial charge in [-0.05, 0) is 0 Å². The van der Waals surface area contributed by atoms with E-state index < -0.39 is 0 Å². The van der Waals surface area contributed by atoms with E-state index in [1.165, 1.54) is 5.57 Å². The molecule has 0 aromatic rings. The predicted octanol–water partition coefficient (Wildman–Crippen LogP) is 1.34. The quantitative estimate of drug-likeness (QED) is 0.303. The Morgan fingerprint density at radius 3 is 2.00 bits per heavy atom. The number of hydrogen-bond donors (Lipinski definition) is 0. The lowest BCUT2D eigenvalue weighted by atomic mass is 10.2. The highest BCUT2D eigenvalue weighted by Gasteiger charge is 1.91. The molecule has 0 heterocycles. The molecule has 0 saturated heterocycles. The summed E-state index contributed by atoms with van der Waals surface area (Å²) in [5.41, 5.74) is 1.23. The van der Waals surface area contributed by atoms with Crippen LogP contribution in [-0.4, -0.2) is 0 Å². The Kier molecular flexibility index (Phi) is 0.686. The molecule has 1 rings (SSSR count). The summed E-state index contributed by atoms with van der Waals surface area (Å²) in [7, 11) is 0. The zero-order chi connectivity index (χ0) is 4.41. The fourth-order valence-corrected chi connectivity index (χ4v) is 0.437. The zero-order valence-electron chi connectivity index (χ0n) is 3.62. The molecular weight excluding hydrogens is 72.1 g/mol. The molecule has 30 valence electrons. The first-order valence-corrected chi connectivity index (χ1v) is 2.02. The van der Waals surface area contributed by atoms with Crippen LogP contribution in [0.4, 0.5) is 0 Å². The minimum absolute atomic E-state index is 0.931. The van der Waals surface area contributed by atoms with Crippen molar-refractivity contribution in [2.75, 3.05) is 0 Å². The van der Waals surface area contributed by atoms with Crippen molar-refractivity contribution in [3.63, 3.8) is 0 Å².